The standard InChI is InChI=1S/C28H32N2O4/c1-29-28(32)24(18-21-10-6-4-7-11-21)30(20-23-12-8-5-9-13-23)27(31)17-15-22-14-16-25(33-2)26(19-22)34-3/h4-14,16,19,24H,15,17-18,20H2,1-3H3,(H,29,32). The number of carbonyl (C=O) groups excluding carboxylic acids is 2. The summed E-state index contributed by atoms with van der Waals surface area (Å²) in [5, 5.41) is 2.74. The summed E-state index contributed by atoms with van der Waals surface area (Å²) < 4.78 is 10.7. The number of likely N-dealkylation sites (N-methyl/N-ethyl adjacent to an activating group) is 1. The van der Waals surface area contributed by atoms with E-state index < -0.39 is 6.04 Å². The monoisotopic (exact) mass is 460 g/mol. The van der Waals surface area contributed by atoms with Gasteiger partial charge in [0.2, 0.25) is 11.8 Å². The molecular formula is C28H32N2O4. The molecule has 0 aliphatic heterocycles. The summed E-state index contributed by atoms with van der Waals surface area (Å²) in [6, 6.07) is 24.6. The Morgan fingerprint density at radius 1 is 0.824 bits per heavy atom. The van der Waals surface area contributed by atoms with Crippen molar-refractivity contribution in [2.45, 2.75) is 31.8 Å². The van der Waals surface area contributed by atoms with Gasteiger partial charge in [-0.25, -0.2) is 0 Å². The Bertz CT molecular complexity index is 1070. The number of hydrogen-bond acceptors (Lipinski definition) is 4. The van der Waals surface area contributed by atoms with Crippen LogP contribution in [0, 0.1) is 0 Å². The number of methoxy groups -OCH3 is 2. The second-order valence-electron chi connectivity index (χ2n) is 8.02. The third kappa shape index (κ3) is 6.61. The molecule has 0 spiro atoms. The molecule has 0 aliphatic carbocycles. The van der Waals surface area contributed by atoms with Crippen molar-refractivity contribution < 1.29 is 19.1 Å². The number of aryl methyl sites for hydroxylation is 1. The van der Waals surface area contributed by atoms with Crippen molar-refractivity contribution in [1.82, 2.24) is 10.2 Å². The summed E-state index contributed by atoms with van der Waals surface area (Å²) in [6.45, 7) is 0.358. The summed E-state index contributed by atoms with van der Waals surface area (Å²) in [4.78, 5) is 28.2. The van der Waals surface area contributed by atoms with Gasteiger partial charge in [-0.3, -0.25) is 9.59 Å². The van der Waals surface area contributed by atoms with E-state index in [4.69, 9.17) is 9.47 Å². The number of nitrogens with zero attached hydrogens (tertiary/aromatic N) is 1. The molecule has 1 unspecified atom stereocenters. The number of amides is 2. The predicted molar refractivity (Wildman–Crippen MR) is 133 cm³/mol. The van der Waals surface area contributed by atoms with Gasteiger partial charge in [0, 0.05) is 26.4 Å². The molecule has 0 saturated heterocycles. The summed E-state index contributed by atoms with van der Waals surface area (Å²) in [7, 11) is 4.79. The third-order valence-electron chi connectivity index (χ3n) is 5.79. The normalized spacial score (nSPS) is 11.4. The largest absolute Gasteiger partial charge is 0.493 e. The molecule has 3 aromatic carbocycles. The minimum atomic E-state index is -0.620. The zero-order chi connectivity index (χ0) is 24.3. The van der Waals surface area contributed by atoms with E-state index in [0.29, 0.717) is 30.9 Å². The highest BCUT2D eigenvalue weighted by Gasteiger charge is 2.29. The molecule has 178 valence electrons. The van der Waals surface area contributed by atoms with Crippen molar-refractivity contribution in [2.75, 3.05) is 21.3 Å². The summed E-state index contributed by atoms with van der Waals surface area (Å²) in [6.07, 6.45) is 1.23. The van der Waals surface area contributed by atoms with Gasteiger partial charge >= 0.3 is 0 Å². The third-order valence-corrected chi connectivity index (χ3v) is 5.79. The van der Waals surface area contributed by atoms with Gasteiger partial charge in [-0.05, 0) is 35.2 Å². The number of nitrogens with one attached hydrogen (secondary N) is 1. The number of benzene rings is 3. The Kier molecular flexibility index (Phi) is 9.09. The molecule has 0 fully saturated rings. The average molecular weight is 461 g/mol. The van der Waals surface area contributed by atoms with Crippen LogP contribution in [-0.4, -0.2) is 44.0 Å². The minimum Gasteiger partial charge on any atom is -0.493 e. The van der Waals surface area contributed by atoms with Crippen molar-refractivity contribution in [3.63, 3.8) is 0 Å². The Balaban J connectivity index is 1.84. The van der Waals surface area contributed by atoms with Crippen LogP contribution in [0.3, 0.4) is 0 Å². The Hall–Kier alpha value is -3.80. The summed E-state index contributed by atoms with van der Waals surface area (Å²) >= 11 is 0. The zero-order valence-electron chi connectivity index (χ0n) is 20.0. The molecule has 34 heavy (non-hydrogen) atoms. The van der Waals surface area contributed by atoms with E-state index in [9.17, 15) is 9.59 Å². The van der Waals surface area contributed by atoms with Gasteiger partial charge in [0.05, 0.1) is 14.2 Å². The fourth-order valence-corrected chi connectivity index (χ4v) is 3.93. The zero-order valence-corrected chi connectivity index (χ0v) is 20.0. The molecule has 0 bridgehead atoms. The van der Waals surface area contributed by atoms with Crippen LogP contribution in [0.25, 0.3) is 0 Å². The van der Waals surface area contributed by atoms with Crippen LogP contribution in [0.5, 0.6) is 11.5 Å². The lowest BCUT2D eigenvalue weighted by molar-refractivity contribution is -0.141. The molecule has 0 heterocycles. The molecule has 0 aliphatic rings. The maximum absolute atomic E-state index is 13.5. The van der Waals surface area contributed by atoms with Crippen LogP contribution in [0.15, 0.2) is 78.9 Å². The molecule has 2 amide bonds. The quantitative estimate of drug-likeness (QED) is 0.469. The van der Waals surface area contributed by atoms with E-state index in [-0.39, 0.29) is 18.2 Å². The maximum Gasteiger partial charge on any atom is 0.242 e. The highest BCUT2D eigenvalue weighted by atomic mass is 16.5. The van der Waals surface area contributed by atoms with E-state index in [1.807, 2.05) is 78.9 Å². The predicted octanol–water partition coefficient (Wildman–Crippen LogP) is 4.02. The SMILES string of the molecule is CNC(=O)C(Cc1ccccc1)N(Cc1ccccc1)C(=O)CCc1ccc(OC)c(OC)c1. The molecular weight excluding hydrogens is 428 g/mol. The first-order chi connectivity index (χ1) is 16.5. The smallest absolute Gasteiger partial charge is 0.242 e. The Morgan fingerprint density at radius 2 is 1.44 bits per heavy atom. The van der Waals surface area contributed by atoms with E-state index in [1.165, 1.54) is 0 Å². The second-order valence-corrected chi connectivity index (χ2v) is 8.02. The molecule has 1 atom stereocenters. The van der Waals surface area contributed by atoms with Crippen molar-refractivity contribution in [3.05, 3.63) is 95.6 Å². The first kappa shape index (κ1) is 24.8. The lowest BCUT2D eigenvalue weighted by Crippen LogP contribution is -2.49. The highest BCUT2D eigenvalue weighted by molar-refractivity contribution is 5.88. The van der Waals surface area contributed by atoms with Gasteiger partial charge in [-0.1, -0.05) is 66.7 Å². The lowest BCUT2D eigenvalue weighted by Gasteiger charge is -2.31. The van der Waals surface area contributed by atoms with Gasteiger partial charge < -0.3 is 19.7 Å². The van der Waals surface area contributed by atoms with Gasteiger partial charge in [-0.15, -0.1) is 0 Å². The van der Waals surface area contributed by atoms with Crippen molar-refractivity contribution in [3.8, 4) is 11.5 Å². The number of hydrogen-bond donors (Lipinski definition) is 1. The van der Waals surface area contributed by atoms with Gasteiger partial charge in [-0.2, -0.15) is 0 Å². The topological polar surface area (TPSA) is 67.9 Å². The number of rotatable bonds is 11. The van der Waals surface area contributed by atoms with Crippen LogP contribution >= 0.6 is 0 Å². The van der Waals surface area contributed by atoms with E-state index >= 15 is 0 Å². The van der Waals surface area contributed by atoms with Crippen LogP contribution in [0.2, 0.25) is 0 Å². The molecule has 1 N–H and O–H groups in total. The molecule has 6 nitrogen and oxygen atoms in total. The molecule has 0 saturated carbocycles. The minimum absolute atomic E-state index is 0.0804. The highest BCUT2D eigenvalue weighted by Crippen LogP contribution is 2.28. The van der Waals surface area contributed by atoms with Crippen molar-refractivity contribution in [1.29, 1.82) is 0 Å². The number of carbonyl (C=O) groups is 2. The fourth-order valence-electron chi connectivity index (χ4n) is 3.93. The van der Waals surface area contributed by atoms with Gasteiger partial charge in [0.1, 0.15) is 6.04 Å². The fraction of sp³-hybridized carbons (Fsp3) is 0.286. The Labute approximate surface area is 201 Å². The molecule has 6 heteroatoms. The molecule has 3 rings (SSSR count). The first-order valence-electron chi connectivity index (χ1n) is 11.4. The molecule has 0 radical (unpaired) electrons. The van der Waals surface area contributed by atoms with E-state index in [1.54, 1.807) is 26.2 Å². The maximum atomic E-state index is 13.5. The van der Waals surface area contributed by atoms with Gasteiger partial charge in [0.25, 0.3) is 0 Å². The van der Waals surface area contributed by atoms with Crippen LogP contribution in [-0.2, 0) is 29.0 Å². The Morgan fingerprint density at radius 3 is 2.03 bits per heavy atom. The first-order valence-corrected chi connectivity index (χ1v) is 11.4. The van der Waals surface area contributed by atoms with E-state index in [0.717, 1.165) is 16.7 Å². The van der Waals surface area contributed by atoms with Crippen LogP contribution in [0.4, 0.5) is 0 Å². The van der Waals surface area contributed by atoms with Crippen LogP contribution < -0.4 is 14.8 Å². The van der Waals surface area contributed by atoms with Gasteiger partial charge in [0.15, 0.2) is 11.5 Å². The summed E-state index contributed by atoms with van der Waals surface area (Å²) in [5.41, 5.74) is 2.94. The van der Waals surface area contributed by atoms with Crippen LogP contribution in [0.1, 0.15) is 23.1 Å². The molecule has 3 aromatic rings. The van der Waals surface area contributed by atoms with E-state index in [2.05, 4.69) is 5.32 Å². The van der Waals surface area contributed by atoms with Crippen molar-refractivity contribution >= 4 is 11.8 Å². The average Bonchev–Trinajstić information content (AvgIpc) is 2.89. The van der Waals surface area contributed by atoms with Crippen molar-refractivity contribution in [2.24, 2.45) is 0 Å². The molecule has 0 aromatic heterocycles. The number of ether oxygens (including phenoxy) is 2. The second kappa shape index (κ2) is 12.4. The summed E-state index contributed by atoms with van der Waals surface area (Å²) in [5.74, 6) is 1.01. The lowest BCUT2D eigenvalue weighted by atomic mass is 10.0.